The Kier molecular flexibility index (Phi) is 3.08. The number of rotatable bonds is 2. The third-order valence-corrected chi connectivity index (χ3v) is 3.92. The Morgan fingerprint density at radius 2 is 1.73 bits per heavy atom. The Hall–Kier alpha value is -2.74. The zero-order valence-electron chi connectivity index (χ0n) is 12.5. The van der Waals surface area contributed by atoms with Gasteiger partial charge in [0.1, 0.15) is 0 Å². The summed E-state index contributed by atoms with van der Waals surface area (Å²) in [6.45, 7) is 2.07. The smallest absolute Gasteiger partial charge is 0.0705 e. The first kappa shape index (κ1) is 13.0. The fourth-order valence-corrected chi connectivity index (χ4v) is 2.82. The number of fused-ring (bicyclic) bond motifs is 2. The summed E-state index contributed by atoms with van der Waals surface area (Å²) < 4.78 is 0. The molecule has 0 saturated heterocycles. The summed E-state index contributed by atoms with van der Waals surface area (Å²) in [6, 6.07) is 21.1. The standard InChI is InChI=1S/C20H16N2/c1-14-10-17-11-15(6-9-19(17)21-13-14)12-18-8-7-16-4-2-3-5-20(16)22-18/h2-11,13H,12H2,1H3. The van der Waals surface area contributed by atoms with Crippen LogP contribution < -0.4 is 0 Å². The van der Waals surface area contributed by atoms with Crippen molar-refractivity contribution in [2.45, 2.75) is 13.3 Å². The molecule has 0 amide bonds. The van der Waals surface area contributed by atoms with E-state index in [0.29, 0.717) is 0 Å². The maximum Gasteiger partial charge on any atom is 0.0705 e. The molecule has 0 aliphatic carbocycles. The van der Waals surface area contributed by atoms with Crippen molar-refractivity contribution in [3.63, 3.8) is 0 Å². The van der Waals surface area contributed by atoms with Crippen LogP contribution in [-0.2, 0) is 6.42 Å². The van der Waals surface area contributed by atoms with Crippen molar-refractivity contribution in [3.05, 3.63) is 83.7 Å². The maximum absolute atomic E-state index is 4.75. The number of aryl methyl sites for hydroxylation is 1. The molecule has 0 saturated carbocycles. The summed E-state index contributed by atoms with van der Waals surface area (Å²) in [5.41, 5.74) is 5.65. The predicted molar refractivity (Wildman–Crippen MR) is 91.0 cm³/mol. The number of nitrogens with zero attached hydrogens (tertiary/aromatic N) is 2. The second-order valence-electron chi connectivity index (χ2n) is 5.71. The monoisotopic (exact) mass is 284 g/mol. The molecule has 22 heavy (non-hydrogen) atoms. The molecule has 2 aromatic heterocycles. The van der Waals surface area contributed by atoms with Gasteiger partial charge in [-0.2, -0.15) is 0 Å². The van der Waals surface area contributed by atoms with Gasteiger partial charge in [-0.15, -0.1) is 0 Å². The van der Waals surface area contributed by atoms with Gasteiger partial charge in [-0.1, -0.05) is 30.3 Å². The summed E-state index contributed by atoms with van der Waals surface area (Å²) in [6.07, 6.45) is 2.75. The summed E-state index contributed by atoms with van der Waals surface area (Å²) in [5.74, 6) is 0. The minimum atomic E-state index is 0.842. The van der Waals surface area contributed by atoms with E-state index in [-0.39, 0.29) is 0 Å². The van der Waals surface area contributed by atoms with Gasteiger partial charge in [0.2, 0.25) is 0 Å². The van der Waals surface area contributed by atoms with Crippen LogP contribution >= 0.6 is 0 Å². The molecule has 0 atom stereocenters. The highest BCUT2D eigenvalue weighted by molar-refractivity contribution is 5.80. The zero-order valence-corrected chi connectivity index (χ0v) is 12.5. The van der Waals surface area contributed by atoms with Gasteiger partial charge in [0, 0.05) is 29.1 Å². The van der Waals surface area contributed by atoms with Gasteiger partial charge in [-0.25, -0.2) is 0 Å². The number of pyridine rings is 2. The van der Waals surface area contributed by atoms with E-state index in [1.165, 1.54) is 21.9 Å². The van der Waals surface area contributed by atoms with Crippen LogP contribution in [0.2, 0.25) is 0 Å². The van der Waals surface area contributed by atoms with E-state index in [1.807, 2.05) is 18.3 Å². The lowest BCUT2D eigenvalue weighted by molar-refractivity contribution is 1.10. The molecule has 2 heterocycles. The minimum absolute atomic E-state index is 0.842. The van der Waals surface area contributed by atoms with E-state index in [1.54, 1.807) is 0 Å². The highest BCUT2D eigenvalue weighted by Gasteiger charge is 2.02. The third-order valence-electron chi connectivity index (χ3n) is 3.92. The Morgan fingerprint density at radius 3 is 2.68 bits per heavy atom. The fourth-order valence-electron chi connectivity index (χ4n) is 2.82. The van der Waals surface area contributed by atoms with Crippen molar-refractivity contribution in [2.75, 3.05) is 0 Å². The van der Waals surface area contributed by atoms with Crippen LogP contribution in [-0.4, -0.2) is 9.97 Å². The van der Waals surface area contributed by atoms with Crippen LogP contribution in [0, 0.1) is 6.92 Å². The van der Waals surface area contributed by atoms with E-state index in [9.17, 15) is 0 Å². The van der Waals surface area contributed by atoms with E-state index >= 15 is 0 Å². The highest BCUT2D eigenvalue weighted by atomic mass is 14.7. The maximum atomic E-state index is 4.75. The average molecular weight is 284 g/mol. The molecule has 106 valence electrons. The first-order valence-electron chi connectivity index (χ1n) is 7.48. The van der Waals surface area contributed by atoms with E-state index < -0.39 is 0 Å². The van der Waals surface area contributed by atoms with Crippen LogP contribution in [0.1, 0.15) is 16.8 Å². The Labute approximate surface area is 129 Å². The van der Waals surface area contributed by atoms with Crippen LogP contribution in [0.15, 0.2) is 66.9 Å². The Bertz CT molecular complexity index is 973. The lowest BCUT2D eigenvalue weighted by Crippen LogP contribution is -1.93. The van der Waals surface area contributed by atoms with Gasteiger partial charge >= 0.3 is 0 Å². The molecule has 2 heteroatoms. The molecule has 0 aliphatic rings. The molecule has 0 N–H and O–H groups in total. The lowest BCUT2D eigenvalue weighted by Gasteiger charge is -2.05. The molecular weight excluding hydrogens is 268 g/mol. The first-order chi connectivity index (χ1) is 10.8. The van der Waals surface area contributed by atoms with Crippen molar-refractivity contribution in [1.82, 2.24) is 9.97 Å². The van der Waals surface area contributed by atoms with Crippen molar-refractivity contribution in [3.8, 4) is 0 Å². The number of aromatic nitrogens is 2. The number of hydrogen-bond acceptors (Lipinski definition) is 2. The minimum Gasteiger partial charge on any atom is -0.256 e. The molecule has 0 aliphatic heterocycles. The summed E-state index contributed by atoms with van der Waals surface area (Å²) >= 11 is 0. The van der Waals surface area contributed by atoms with Gasteiger partial charge in [0.15, 0.2) is 0 Å². The molecule has 0 spiro atoms. The van der Waals surface area contributed by atoms with Crippen molar-refractivity contribution >= 4 is 21.8 Å². The molecule has 4 aromatic rings. The van der Waals surface area contributed by atoms with Crippen LogP contribution in [0.25, 0.3) is 21.8 Å². The van der Waals surface area contributed by atoms with E-state index in [4.69, 9.17) is 4.98 Å². The first-order valence-corrected chi connectivity index (χ1v) is 7.48. The zero-order chi connectivity index (χ0) is 14.9. The second kappa shape index (κ2) is 5.23. The molecule has 0 unspecified atom stereocenters. The summed E-state index contributed by atoms with van der Waals surface area (Å²) in [5, 5.41) is 2.38. The van der Waals surface area contributed by atoms with Gasteiger partial charge in [0.25, 0.3) is 0 Å². The average Bonchev–Trinajstić information content (AvgIpc) is 2.54. The normalized spacial score (nSPS) is 11.1. The van der Waals surface area contributed by atoms with E-state index in [0.717, 1.165) is 23.1 Å². The molecule has 0 fully saturated rings. The van der Waals surface area contributed by atoms with Crippen LogP contribution in [0.3, 0.4) is 0 Å². The summed E-state index contributed by atoms with van der Waals surface area (Å²) in [4.78, 5) is 9.21. The SMILES string of the molecule is Cc1cnc2ccc(Cc3ccc4ccccc4n3)cc2c1. The second-order valence-corrected chi connectivity index (χ2v) is 5.71. The number of benzene rings is 2. The molecule has 2 nitrogen and oxygen atoms in total. The topological polar surface area (TPSA) is 25.8 Å². The third kappa shape index (κ3) is 2.44. The van der Waals surface area contributed by atoms with Gasteiger partial charge in [0.05, 0.1) is 11.0 Å². The van der Waals surface area contributed by atoms with Gasteiger partial charge in [-0.3, -0.25) is 9.97 Å². The quantitative estimate of drug-likeness (QED) is 0.534. The van der Waals surface area contributed by atoms with Crippen LogP contribution in [0.4, 0.5) is 0 Å². The molecule has 0 radical (unpaired) electrons. The molecular formula is C20H16N2. The Morgan fingerprint density at radius 1 is 0.818 bits per heavy atom. The number of para-hydroxylation sites is 1. The highest BCUT2D eigenvalue weighted by Crippen LogP contribution is 2.19. The Balaban J connectivity index is 1.72. The number of hydrogen-bond donors (Lipinski definition) is 0. The molecule has 4 rings (SSSR count). The molecule has 2 aromatic carbocycles. The van der Waals surface area contributed by atoms with E-state index in [2.05, 4.69) is 60.4 Å². The molecule has 0 bridgehead atoms. The lowest BCUT2D eigenvalue weighted by atomic mass is 10.0. The fraction of sp³-hybridized carbons (Fsp3) is 0.100. The van der Waals surface area contributed by atoms with Crippen molar-refractivity contribution < 1.29 is 0 Å². The van der Waals surface area contributed by atoms with Gasteiger partial charge in [-0.05, 0) is 48.4 Å². The van der Waals surface area contributed by atoms with Gasteiger partial charge < -0.3 is 0 Å². The van der Waals surface area contributed by atoms with Crippen LogP contribution in [0.5, 0.6) is 0 Å². The summed E-state index contributed by atoms with van der Waals surface area (Å²) in [7, 11) is 0. The largest absolute Gasteiger partial charge is 0.256 e. The van der Waals surface area contributed by atoms with Crippen molar-refractivity contribution in [1.29, 1.82) is 0 Å². The van der Waals surface area contributed by atoms with Crippen molar-refractivity contribution in [2.24, 2.45) is 0 Å². The predicted octanol–water partition coefficient (Wildman–Crippen LogP) is 4.68.